The van der Waals surface area contributed by atoms with Crippen molar-refractivity contribution in [3.05, 3.63) is 11.9 Å². The molecule has 0 bridgehead atoms. The van der Waals surface area contributed by atoms with Crippen LogP contribution in [0, 0.1) is 0 Å². The molecule has 1 aromatic heterocycles. The first kappa shape index (κ1) is 19.6. The number of rotatable bonds is 13. The molecule has 0 saturated heterocycles. The van der Waals surface area contributed by atoms with Gasteiger partial charge in [0.2, 0.25) is 0 Å². The summed E-state index contributed by atoms with van der Waals surface area (Å²) in [4.78, 5) is 10.8. The molecule has 132 valence electrons. The van der Waals surface area contributed by atoms with Gasteiger partial charge < -0.3 is 10.8 Å². The molecule has 0 aromatic carbocycles. The van der Waals surface area contributed by atoms with Crippen molar-refractivity contribution in [2.24, 2.45) is 5.73 Å². The van der Waals surface area contributed by atoms with E-state index in [1.54, 1.807) is 0 Å². The van der Waals surface area contributed by atoms with Gasteiger partial charge in [-0.25, -0.2) is 4.68 Å². The summed E-state index contributed by atoms with van der Waals surface area (Å²) in [5.74, 6) is -1.00. The van der Waals surface area contributed by atoms with E-state index in [-0.39, 0.29) is 6.42 Å². The Bertz CT molecular complexity index is 448. The number of unbranched alkanes of at least 4 members (excludes halogenated alkanes) is 5. The molecule has 0 fully saturated rings. The minimum absolute atomic E-state index is 0.229. The van der Waals surface area contributed by atoms with E-state index in [4.69, 9.17) is 10.8 Å². The maximum absolute atomic E-state index is 10.8. The summed E-state index contributed by atoms with van der Waals surface area (Å²) in [5.41, 5.74) is 6.22. The van der Waals surface area contributed by atoms with E-state index in [9.17, 15) is 4.79 Å². The molecular formula is C17H32N4O2. The van der Waals surface area contributed by atoms with Crippen LogP contribution in [0.5, 0.6) is 0 Å². The standard InChI is InChI=1S/C17H32N4O2/c1-3-5-7-8-9-11-15(10-6-4-2)21-13-14(19-20-21)12-16(18)17(22)23/h13,15-16H,3-12,18H2,1-2H3,(H,22,23). The van der Waals surface area contributed by atoms with Crippen LogP contribution in [0.1, 0.15) is 83.4 Å². The van der Waals surface area contributed by atoms with E-state index < -0.39 is 12.0 Å². The smallest absolute Gasteiger partial charge is 0.320 e. The molecule has 6 heteroatoms. The topological polar surface area (TPSA) is 94.0 Å². The van der Waals surface area contributed by atoms with Crippen molar-refractivity contribution in [2.75, 3.05) is 0 Å². The second-order valence-electron chi connectivity index (χ2n) is 6.34. The van der Waals surface area contributed by atoms with Crippen LogP contribution in [0.15, 0.2) is 6.20 Å². The maximum atomic E-state index is 10.8. The molecule has 23 heavy (non-hydrogen) atoms. The number of aliphatic carboxylic acids is 1. The number of hydrogen-bond acceptors (Lipinski definition) is 4. The molecule has 0 spiro atoms. The molecule has 1 rings (SSSR count). The van der Waals surface area contributed by atoms with Gasteiger partial charge in [-0.1, -0.05) is 64.0 Å². The van der Waals surface area contributed by atoms with Crippen molar-refractivity contribution in [3.8, 4) is 0 Å². The third-order valence-corrected chi connectivity index (χ3v) is 4.21. The third-order valence-electron chi connectivity index (χ3n) is 4.21. The minimum Gasteiger partial charge on any atom is -0.480 e. The van der Waals surface area contributed by atoms with Crippen molar-refractivity contribution in [1.29, 1.82) is 0 Å². The second kappa shape index (κ2) is 11.2. The fourth-order valence-corrected chi connectivity index (χ4v) is 2.73. The Morgan fingerprint density at radius 2 is 1.83 bits per heavy atom. The van der Waals surface area contributed by atoms with E-state index in [1.807, 2.05) is 10.9 Å². The summed E-state index contributed by atoms with van der Waals surface area (Å²) >= 11 is 0. The van der Waals surface area contributed by atoms with Crippen LogP contribution in [-0.4, -0.2) is 32.1 Å². The fourth-order valence-electron chi connectivity index (χ4n) is 2.73. The molecule has 0 aliphatic carbocycles. The average Bonchev–Trinajstić information content (AvgIpc) is 2.98. The van der Waals surface area contributed by atoms with Gasteiger partial charge in [0.25, 0.3) is 0 Å². The van der Waals surface area contributed by atoms with Crippen molar-refractivity contribution in [1.82, 2.24) is 15.0 Å². The van der Waals surface area contributed by atoms with Gasteiger partial charge in [-0.05, 0) is 12.8 Å². The first-order valence-corrected chi connectivity index (χ1v) is 8.97. The van der Waals surface area contributed by atoms with Crippen LogP contribution in [0.25, 0.3) is 0 Å². The molecule has 1 heterocycles. The predicted molar refractivity (Wildman–Crippen MR) is 91.3 cm³/mol. The zero-order valence-corrected chi connectivity index (χ0v) is 14.6. The number of nitrogens with two attached hydrogens (primary N) is 1. The van der Waals surface area contributed by atoms with Gasteiger partial charge in [0, 0.05) is 12.6 Å². The summed E-state index contributed by atoms with van der Waals surface area (Å²) in [6.45, 7) is 4.42. The minimum atomic E-state index is -1.00. The highest BCUT2D eigenvalue weighted by molar-refractivity contribution is 5.73. The molecule has 6 nitrogen and oxygen atoms in total. The van der Waals surface area contributed by atoms with Crippen LogP contribution in [-0.2, 0) is 11.2 Å². The molecule has 0 amide bonds. The first-order valence-electron chi connectivity index (χ1n) is 8.97. The monoisotopic (exact) mass is 324 g/mol. The van der Waals surface area contributed by atoms with Crippen LogP contribution in [0.3, 0.4) is 0 Å². The van der Waals surface area contributed by atoms with E-state index in [1.165, 1.54) is 38.5 Å². The van der Waals surface area contributed by atoms with E-state index in [2.05, 4.69) is 24.2 Å². The van der Waals surface area contributed by atoms with Gasteiger partial charge in [-0.15, -0.1) is 5.10 Å². The number of nitrogens with zero attached hydrogens (tertiary/aromatic N) is 3. The van der Waals surface area contributed by atoms with Crippen molar-refractivity contribution >= 4 is 5.97 Å². The first-order chi connectivity index (χ1) is 11.1. The number of carboxylic acids is 1. The summed E-state index contributed by atoms with van der Waals surface area (Å²) in [6, 6.07) is -0.554. The lowest BCUT2D eigenvalue weighted by Crippen LogP contribution is -2.32. The summed E-state index contributed by atoms with van der Waals surface area (Å²) in [7, 11) is 0. The number of aromatic nitrogens is 3. The molecule has 0 radical (unpaired) electrons. The van der Waals surface area contributed by atoms with Crippen LogP contribution < -0.4 is 5.73 Å². The van der Waals surface area contributed by atoms with Gasteiger partial charge in [0.05, 0.1) is 11.7 Å². The van der Waals surface area contributed by atoms with Gasteiger partial charge in [-0.3, -0.25) is 4.79 Å². The van der Waals surface area contributed by atoms with E-state index in [0.29, 0.717) is 11.7 Å². The zero-order valence-electron chi connectivity index (χ0n) is 14.6. The van der Waals surface area contributed by atoms with E-state index in [0.717, 1.165) is 19.3 Å². The Balaban J connectivity index is 2.56. The third kappa shape index (κ3) is 7.59. The molecule has 3 N–H and O–H groups in total. The molecule has 0 aliphatic heterocycles. The average molecular weight is 324 g/mol. The van der Waals surface area contributed by atoms with E-state index >= 15 is 0 Å². The van der Waals surface area contributed by atoms with Gasteiger partial charge in [0.1, 0.15) is 6.04 Å². The maximum Gasteiger partial charge on any atom is 0.320 e. The highest BCUT2D eigenvalue weighted by atomic mass is 16.4. The highest BCUT2D eigenvalue weighted by Crippen LogP contribution is 2.22. The van der Waals surface area contributed by atoms with Crippen LogP contribution >= 0.6 is 0 Å². The SMILES string of the molecule is CCCCCCCC(CCCC)n1cc(CC(N)C(=O)O)nn1. The highest BCUT2D eigenvalue weighted by Gasteiger charge is 2.17. The predicted octanol–water partition coefficient (Wildman–Crippen LogP) is 3.32. The summed E-state index contributed by atoms with van der Waals surface area (Å²) in [5, 5.41) is 17.2. The zero-order chi connectivity index (χ0) is 17.1. The largest absolute Gasteiger partial charge is 0.480 e. The molecule has 2 atom stereocenters. The van der Waals surface area contributed by atoms with Gasteiger partial charge in [0.15, 0.2) is 0 Å². The van der Waals surface area contributed by atoms with Crippen molar-refractivity contribution in [3.63, 3.8) is 0 Å². The Morgan fingerprint density at radius 1 is 1.17 bits per heavy atom. The Labute approximate surface area is 139 Å². The number of hydrogen-bond donors (Lipinski definition) is 2. The Kier molecular flexibility index (Phi) is 9.52. The number of carboxylic acid groups (broad SMARTS) is 1. The van der Waals surface area contributed by atoms with Gasteiger partial charge >= 0.3 is 5.97 Å². The normalized spacial score (nSPS) is 13.9. The summed E-state index contributed by atoms with van der Waals surface area (Å²) < 4.78 is 1.92. The lowest BCUT2D eigenvalue weighted by Gasteiger charge is -2.16. The molecule has 2 unspecified atom stereocenters. The molecule has 0 saturated carbocycles. The Hall–Kier alpha value is -1.43. The molecular weight excluding hydrogens is 292 g/mol. The van der Waals surface area contributed by atoms with Gasteiger partial charge in [-0.2, -0.15) is 0 Å². The Morgan fingerprint density at radius 3 is 2.48 bits per heavy atom. The van der Waals surface area contributed by atoms with Crippen LogP contribution in [0.2, 0.25) is 0 Å². The second-order valence-corrected chi connectivity index (χ2v) is 6.34. The molecule has 0 aliphatic rings. The lowest BCUT2D eigenvalue weighted by molar-refractivity contribution is -0.138. The van der Waals surface area contributed by atoms with Crippen molar-refractivity contribution < 1.29 is 9.90 Å². The quantitative estimate of drug-likeness (QED) is 0.543. The lowest BCUT2D eigenvalue weighted by atomic mass is 10.0. The molecule has 1 aromatic rings. The fraction of sp³-hybridized carbons (Fsp3) is 0.824. The number of carbonyl (C=O) groups is 1. The van der Waals surface area contributed by atoms with Crippen molar-refractivity contribution in [2.45, 2.75) is 90.1 Å². The van der Waals surface area contributed by atoms with Crippen LogP contribution in [0.4, 0.5) is 0 Å². The summed E-state index contributed by atoms with van der Waals surface area (Å²) in [6.07, 6.45) is 13.0.